The number of nitrogen functional groups attached to an aromatic ring is 1. The first-order valence-corrected chi connectivity index (χ1v) is 5.69. The van der Waals surface area contributed by atoms with Gasteiger partial charge in [-0.25, -0.2) is 0 Å². The summed E-state index contributed by atoms with van der Waals surface area (Å²) in [5.41, 5.74) is 5.62. The van der Waals surface area contributed by atoms with Crippen molar-refractivity contribution in [2.24, 2.45) is 0 Å². The Bertz CT molecular complexity index is 667. The topological polar surface area (TPSA) is 114 Å². The van der Waals surface area contributed by atoms with Gasteiger partial charge in [-0.2, -0.15) is 8.42 Å². The zero-order valence-electron chi connectivity index (χ0n) is 7.95. The van der Waals surface area contributed by atoms with Crippen LogP contribution in [0.1, 0.15) is 0 Å². The summed E-state index contributed by atoms with van der Waals surface area (Å²) in [6, 6.07) is 3.93. The Hall–Kier alpha value is -1.86. The highest BCUT2D eigenvalue weighted by Gasteiger charge is 2.18. The molecule has 0 unspecified atom stereocenters. The van der Waals surface area contributed by atoms with Crippen molar-refractivity contribution in [3.63, 3.8) is 0 Å². The van der Waals surface area contributed by atoms with Crippen molar-refractivity contribution >= 4 is 26.7 Å². The monoisotopic (exact) mass is 240 g/mol. The summed E-state index contributed by atoms with van der Waals surface area (Å²) in [5, 5.41) is 9.71. The lowest BCUT2D eigenvalue weighted by Gasteiger charge is -2.07. The Morgan fingerprint density at radius 2 is 2.06 bits per heavy atom. The number of fused-ring (bicyclic) bond motifs is 1. The summed E-state index contributed by atoms with van der Waals surface area (Å²) in [6.45, 7) is 0. The summed E-state index contributed by atoms with van der Waals surface area (Å²) in [4.78, 5) is 3.36. The average Bonchev–Trinajstić information content (AvgIpc) is 2.22. The van der Waals surface area contributed by atoms with Gasteiger partial charge in [0, 0.05) is 17.6 Å². The minimum absolute atomic E-state index is 0.0236. The zero-order chi connectivity index (χ0) is 11.9. The number of phenolic OH excluding ortho intramolecular Hbond substituents is 1. The van der Waals surface area contributed by atoms with Crippen LogP contribution in [0, 0.1) is 0 Å². The van der Waals surface area contributed by atoms with Gasteiger partial charge in [0.15, 0.2) is 0 Å². The van der Waals surface area contributed by atoms with Gasteiger partial charge in [-0.1, -0.05) is 0 Å². The van der Waals surface area contributed by atoms with Crippen molar-refractivity contribution in [1.29, 1.82) is 0 Å². The predicted molar refractivity (Wildman–Crippen MR) is 57.6 cm³/mol. The molecule has 0 aliphatic carbocycles. The number of nitrogens with two attached hydrogens (primary N) is 1. The Labute approximate surface area is 91.1 Å². The van der Waals surface area contributed by atoms with E-state index in [2.05, 4.69) is 4.98 Å². The Morgan fingerprint density at radius 3 is 2.69 bits per heavy atom. The molecule has 4 N–H and O–H groups in total. The van der Waals surface area contributed by atoms with Crippen molar-refractivity contribution in [3.8, 4) is 5.75 Å². The number of benzene rings is 1. The summed E-state index contributed by atoms with van der Waals surface area (Å²) >= 11 is 0. The molecule has 0 fully saturated rings. The van der Waals surface area contributed by atoms with Crippen molar-refractivity contribution in [3.05, 3.63) is 24.4 Å². The fourth-order valence-corrected chi connectivity index (χ4v) is 2.09. The van der Waals surface area contributed by atoms with E-state index < -0.39 is 20.8 Å². The van der Waals surface area contributed by atoms with Gasteiger partial charge in [-0.05, 0) is 12.1 Å². The molecule has 0 aliphatic rings. The van der Waals surface area contributed by atoms with Gasteiger partial charge >= 0.3 is 0 Å². The molecule has 1 aromatic heterocycles. The van der Waals surface area contributed by atoms with Gasteiger partial charge in [0.05, 0.1) is 11.2 Å². The van der Waals surface area contributed by atoms with Crippen LogP contribution < -0.4 is 5.73 Å². The number of phenols is 1. The molecule has 0 bridgehead atoms. The normalized spacial score (nSPS) is 11.8. The Kier molecular flexibility index (Phi) is 2.21. The summed E-state index contributed by atoms with van der Waals surface area (Å²) in [5.74, 6) is -0.409. The van der Waals surface area contributed by atoms with E-state index in [1.165, 1.54) is 12.3 Å². The van der Waals surface area contributed by atoms with Crippen molar-refractivity contribution in [2.75, 3.05) is 5.73 Å². The molecule has 2 aromatic rings. The minimum atomic E-state index is -4.45. The molecule has 16 heavy (non-hydrogen) atoms. The van der Waals surface area contributed by atoms with Gasteiger partial charge in [0.25, 0.3) is 10.1 Å². The van der Waals surface area contributed by atoms with E-state index in [0.717, 1.165) is 6.07 Å². The largest absolute Gasteiger partial charge is 0.506 e. The van der Waals surface area contributed by atoms with Crippen LogP contribution in [-0.2, 0) is 10.1 Å². The van der Waals surface area contributed by atoms with E-state index in [4.69, 9.17) is 10.3 Å². The smallest absolute Gasteiger partial charge is 0.296 e. The van der Waals surface area contributed by atoms with Gasteiger partial charge in [-0.15, -0.1) is 0 Å². The SMILES string of the molecule is Nc1c(O)cc(S(=O)(=O)O)c2ncccc12. The Morgan fingerprint density at radius 1 is 1.38 bits per heavy atom. The van der Waals surface area contributed by atoms with E-state index in [0.29, 0.717) is 0 Å². The number of anilines is 1. The Balaban J connectivity index is 3.02. The molecular weight excluding hydrogens is 232 g/mol. The van der Waals surface area contributed by atoms with Crippen LogP contribution in [0.2, 0.25) is 0 Å². The highest BCUT2D eigenvalue weighted by molar-refractivity contribution is 7.86. The summed E-state index contributed by atoms with van der Waals surface area (Å²) < 4.78 is 31.1. The molecule has 0 aliphatic heterocycles. The standard InChI is InChI=1S/C9H8N2O4S/c10-8-5-2-1-3-11-9(5)7(4-6(8)12)16(13,14)15/h1-4,12H,10H2,(H,13,14,15). The maximum absolute atomic E-state index is 11.1. The molecule has 0 spiro atoms. The van der Waals surface area contributed by atoms with Crippen molar-refractivity contribution < 1.29 is 18.1 Å². The van der Waals surface area contributed by atoms with Crippen LogP contribution in [0.15, 0.2) is 29.3 Å². The van der Waals surface area contributed by atoms with Crippen LogP contribution >= 0.6 is 0 Å². The third-order valence-corrected chi connectivity index (χ3v) is 3.02. The van der Waals surface area contributed by atoms with Crippen LogP contribution in [0.4, 0.5) is 5.69 Å². The molecule has 7 heteroatoms. The lowest BCUT2D eigenvalue weighted by molar-refractivity contribution is 0.469. The van der Waals surface area contributed by atoms with E-state index in [1.54, 1.807) is 6.07 Å². The maximum Gasteiger partial charge on any atom is 0.296 e. The maximum atomic E-state index is 11.1. The molecule has 2 rings (SSSR count). The van der Waals surface area contributed by atoms with E-state index >= 15 is 0 Å². The molecule has 0 atom stereocenters. The quantitative estimate of drug-likeness (QED) is 0.385. The molecule has 0 saturated carbocycles. The van der Waals surface area contributed by atoms with Crippen LogP contribution in [0.25, 0.3) is 10.9 Å². The average molecular weight is 240 g/mol. The third-order valence-electron chi connectivity index (χ3n) is 2.15. The molecule has 0 radical (unpaired) electrons. The molecule has 1 aromatic carbocycles. The first-order valence-electron chi connectivity index (χ1n) is 4.25. The first-order chi connectivity index (χ1) is 7.41. The molecule has 6 nitrogen and oxygen atoms in total. The summed E-state index contributed by atoms with van der Waals surface area (Å²) in [7, 11) is -4.45. The van der Waals surface area contributed by atoms with E-state index in [-0.39, 0.29) is 16.6 Å². The number of hydrogen-bond acceptors (Lipinski definition) is 5. The fourth-order valence-electron chi connectivity index (χ4n) is 1.42. The van der Waals surface area contributed by atoms with Crippen molar-refractivity contribution in [1.82, 2.24) is 4.98 Å². The number of nitrogens with zero attached hydrogens (tertiary/aromatic N) is 1. The number of aromatic hydroxyl groups is 1. The number of aromatic nitrogens is 1. The molecule has 0 amide bonds. The third kappa shape index (κ3) is 1.55. The molecule has 0 saturated heterocycles. The van der Waals surface area contributed by atoms with Crippen LogP contribution in [0.5, 0.6) is 5.75 Å². The highest BCUT2D eigenvalue weighted by atomic mass is 32.2. The minimum Gasteiger partial charge on any atom is -0.506 e. The van der Waals surface area contributed by atoms with E-state index in [1.807, 2.05) is 0 Å². The zero-order valence-corrected chi connectivity index (χ0v) is 8.77. The van der Waals surface area contributed by atoms with Gasteiger partial charge < -0.3 is 10.8 Å². The first kappa shape index (κ1) is 10.7. The lowest BCUT2D eigenvalue weighted by Crippen LogP contribution is -2.02. The number of hydrogen-bond donors (Lipinski definition) is 3. The molecular formula is C9H8N2O4S. The van der Waals surface area contributed by atoms with Gasteiger partial charge in [-0.3, -0.25) is 9.54 Å². The van der Waals surface area contributed by atoms with Crippen LogP contribution in [-0.4, -0.2) is 23.1 Å². The second-order valence-electron chi connectivity index (χ2n) is 3.18. The highest BCUT2D eigenvalue weighted by Crippen LogP contribution is 2.33. The van der Waals surface area contributed by atoms with Crippen molar-refractivity contribution in [2.45, 2.75) is 4.90 Å². The predicted octanol–water partition coefficient (Wildman–Crippen LogP) is 0.769. The second kappa shape index (κ2) is 3.32. The van der Waals surface area contributed by atoms with E-state index in [9.17, 15) is 13.5 Å². The molecule has 1 heterocycles. The number of pyridine rings is 1. The van der Waals surface area contributed by atoms with Gasteiger partial charge in [0.2, 0.25) is 0 Å². The number of rotatable bonds is 1. The second-order valence-corrected chi connectivity index (χ2v) is 4.57. The molecule has 84 valence electrons. The fraction of sp³-hybridized carbons (Fsp3) is 0. The van der Waals surface area contributed by atoms with Gasteiger partial charge in [0.1, 0.15) is 10.6 Å². The summed E-state index contributed by atoms with van der Waals surface area (Å²) in [6.07, 6.45) is 1.37. The van der Waals surface area contributed by atoms with Crippen LogP contribution in [0.3, 0.4) is 0 Å². The lowest BCUT2D eigenvalue weighted by atomic mass is 10.1.